The first kappa shape index (κ1) is 18.9. The van der Waals surface area contributed by atoms with Gasteiger partial charge >= 0.3 is 0 Å². The SMILES string of the molecule is Cc1nc(-c2ccc(Cl)cc2)sc1C(=O)Nc1ccc(N2CCCCC2)cn1. The van der Waals surface area contributed by atoms with Crippen LogP contribution >= 0.6 is 22.9 Å². The van der Waals surface area contributed by atoms with E-state index in [1.165, 1.54) is 30.6 Å². The first-order valence-electron chi connectivity index (χ1n) is 9.36. The van der Waals surface area contributed by atoms with Gasteiger partial charge in [-0.15, -0.1) is 11.3 Å². The molecule has 0 saturated carbocycles. The van der Waals surface area contributed by atoms with E-state index in [0.29, 0.717) is 21.4 Å². The van der Waals surface area contributed by atoms with Gasteiger partial charge in [0.2, 0.25) is 0 Å². The molecule has 3 aromatic rings. The summed E-state index contributed by atoms with van der Waals surface area (Å²) in [6.07, 6.45) is 5.57. The van der Waals surface area contributed by atoms with Crippen LogP contribution < -0.4 is 10.2 Å². The molecule has 1 amide bonds. The molecule has 2 aromatic heterocycles. The van der Waals surface area contributed by atoms with Crippen LogP contribution in [0.15, 0.2) is 42.6 Å². The topological polar surface area (TPSA) is 58.1 Å². The van der Waals surface area contributed by atoms with E-state index in [1.54, 1.807) is 0 Å². The number of piperidine rings is 1. The van der Waals surface area contributed by atoms with Crippen molar-refractivity contribution in [3.8, 4) is 10.6 Å². The molecule has 3 heterocycles. The first-order valence-corrected chi connectivity index (χ1v) is 10.6. The molecule has 0 bridgehead atoms. The zero-order chi connectivity index (χ0) is 19.5. The van der Waals surface area contributed by atoms with Gasteiger partial charge in [-0.25, -0.2) is 9.97 Å². The quantitative estimate of drug-likeness (QED) is 0.622. The van der Waals surface area contributed by atoms with Crippen molar-refractivity contribution >= 4 is 40.4 Å². The molecular formula is C21H21ClN4OS. The van der Waals surface area contributed by atoms with Crippen LogP contribution in [-0.4, -0.2) is 29.0 Å². The highest BCUT2D eigenvalue weighted by molar-refractivity contribution is 7.17. The summed E-state index contributed by atoms with van der Waals surface area (Å²) < 4.78 is 0. The number of pyridine rings is 1. The molecule has 1 saturated heterocycles. The standard InChI is InChI=1S/C21H21ClN4OS/c1-14-19(28-21(24-14)15-5-7-16(22)8-6-15)20(27)25-18-10-9-17(13-23-18)26-11-3-2-4-12-26/h5-10,13H,2-4,11-12H2,1H3,(H,23,25,27). The van der Waals surface area contributed by atoms with E-state index >= 15 is 0 Å². The zero-order valence-corrected chi connectivity index (χ0v) is 17.2. The van der Waals surface area contributed by atoms with Crippen LogP contribution in [0.5, 0.6) is 0 Å². The molecule has 1 N–H and O–H groups in total. The lowest BCUT2D eigenvalue weighted by Crippen LogP contribution is -2.29. The second-order valence-corrected chi connectivity index (χ2v) is 8.28. The Morgan fingerprint density at radius 2 is 1.86 bits per heavy atom. The van der Waals surface area contributed by atoms with E-state index in [-0.39, 0.29) is 5.91 Å². The number of thiazole rings is 1. The molecule has 0 unspecified atom stereocenters. The number of benzene rings is 1. The number of aryl methyl sites for hydroxylation is 1. The fourth-order valence-electron chi connectivity index (χ4n) is 3.30. The second-order valence-electron chi connectivity index (χ2n) is 6.84. The Labute approximate surface area is 173 Å². The summed E-state index contributed by atoms with van der Waals surface area (Å²) in [7, 11) is 0. The van der Waals surface area contributed by atoms with Crippen molar-refractivity contribution in [2.24, 2.45) is 0 Å². The highest BCUT2D eigenvalue weighted by Crippen LogP contribution is 2.29. The first-order chi connectivity index (χ1) is 13.6. The number of halogens is 1. The number of carbonyl (C=O) groups excluding carboxylic acids is 1. The third-order valence-corrected chi connectivity index (χ3v) is 6.26. The predicted molar refractivity (Wildman–Crippen MR) is 116 cm³/mol. The van der Waals surface area contributed by atoms with E-state index in [1.807, 2.05) is 49.5 Å². The normalized spacial score (nSPS) is 14.1. The zero-order valence-electron chi connectivity index (χ0n) is 15.6. The molecule has 0 atom stereocenters. The third-order valence-electron chi connectivity index (χ3n) is 4.80. The Hall–Kier alpha value is -2.44. The van der Waals surface area contributed by atoms with Gasteiger partial charge in [-0.1, -0.05) is 23.7 Å². The Balaban J connectivity index is 1.47. The molecule has 28 heavy (non-hydrogen) atoms. The van der Waals surface area contributed by atoms with E-state index in [0.717, 1.165) is 29.3 Å². The van der Waals surface area contributed by atoms with Gasteiger partial charge in [0.1, 0.15) is 15.7 Å². The Kier molecular flexibility index (Phi) is 5.59. The van der Waals surface area contributed by atoms with Gasteiger partial charge in [-0.2, -0.15) is 0 Å². The Morgan fingerprint density at radius 1 is 1.11 bits per heavy atom. The molecule has 1 aromatic carbocycles. The minimum Gasteiger partial charge on any atom is -0.370 e. The van der Waals surface area contributed by atoms with Crippen molar-refractivity contribution in [1.82, 2.24) is 9.97 Å². The highest BCUT2D eigenvalue weighted by atomic mass is 35.5. The van der Waals surface area contributed by atoms with Crippen molar-refractivity contribution < 1.29 is 4.79 Å². The molecule has 7 heteroatoms. The lowest BCUT2D eigenvalue weighted by atomic mass is 10.1. The lowest BCUT2D eigenvalue weighted by Gasteiger charge is -2.28. The van der Waals surface area contributed by atoms with Crippen molar-refractivity contribution in [1.29, 1.82) is 0 Å². The van der Waals surface area contributed by atoms with Crippen LogP contribution in [0.1, 0.15) is 34.6 Å². The van der Waals surface area contributed by atoms with Gasteiger partial charge in [0, 0.05) is 23.7 Å². The maximum absolute atomic E-state index is 12.7. The maximum atomic E-state index is 12.7. The molecule has 4 rings (SSSR count). The molecule has 1 aliphatic rings. The van der Waals surface area contributed by atoms with Crippen LogP contribution in [0.3, 0.4) is 0 Å². The second kappa shape index (κ2) is 8.29. The minimum absolute atomic E-state index is 0.187. The lowest BCUT2D eigenvalue weighted by molar-refractivity contribution is 0.102. The van der Waals surface area contributed by atoms with Gasteiger partial charge in [0.25, 0.3) is 5.91 Å². The number of nitrogens with one attached hydrogen (secondary N) is 1. The molecule has 5 nitrogen and oxygen atoms in total. The van der Waals surface area contributed by atoms with Crippen LogP contribution in [-0.2, 0) is 0 Å². The van der Waals surface area contributed by atoms with Crippen molar-refractivity contribution in [3.05, 3.63) is 58.2 Å². The van der Waals surface area contributed by atoms with Crippen LogP contribution in [0.4, 0.5) is 11.5 Å². The summed E-state index contributed by atoms with van der Waals surface area (Å²) in [6.45, 7) is 3.99. The molecule has 0 spiro atoms. The summed E-state index contributed by atoms with van der Waals surface area (Å²) >= 11 is 7.32. The largest absolute Gasteiger partial charge is 0.370 e. The number of hydrogen-bond donors (Lipinski definition) is 1. The molecule has 1 aliphatic heterocycles. The van der Waals surface area contributed by atoms with Gasteiger partial charge in [0.05, 0.1) is 17.6 Å². The molecule has 0 aliphatic carbocycles. The number of hydrogen-bond acceptors (Lipinski definition) is 5. The van der Waals surface area contributed by atoms with Gasteiger partial charge in [-0.05, 0) is 50.5 Å². The third kappa shape index (κ3) is 4.18. The summed E-state index contributed by atoms with van der Waals surface area (Å²) in [5.74, 6) is 0.361. The van der Waals surface area contributed by atoms with Crippen LogP contribution in [0, 0.1) is 6.92 Å². The summed E-state index contributed by atoms with van der Waals surface area (Å²) in [6, 6.07) is 11.3. The summed E-state index contributed by atoms with van der Waals surface area (Å²) in [5, 5.41) is 4.36. The van der Waals surface area contributed by atoms with Crippen molar-refractivity contribution in [2.75, 3.05) is 23.3 Å². The molecule has 0 radical (unpaired) electrons. The van der Waals surface area contributed by atoms with Crippen LogP contribution in [0.2, 0.25) is 5.02 Å². The van der Waals surface area contributed by atoms with Gasteiger partial charge in [-0.3, -0.25) is 4.79 Å². The van der Waals surface area contributed by atoms with Crippen molar-refractivity contribution in [2.45, 2.75) is 26.2 Å². The number of carbonyl (C=O) groups is 1. The number of aromatic nitrogens is 2. The Bertz CT molecular complexity index is 963. The number of nitrogens with zero attached hydrogens (tertiary/aromatic N) is 3. The van der Waals surface area contributed by atoms with E-state index in [4.69, 9.17) is 11.6 Å². The minimum atomic E-state index is -0.187. The molecule has 1 fully saturated rings. The van der Waals surface area contributed by atoms with Gasteiger partial charge < -0.3 is 10.2 Å². The average molecular weight is 413 g/mol. The number of amides is 1. The van der Waals surface area contributed by atoms with Gasteiger partial charge in [0.15, 0.2) is 0 Å². The smallest absolute Gasteiger partial charge is 0.268 e. The highest BCUT2D eigenvalue weighted by Gasteiger charge is 2.17. The summed E-state index contributed by atoms with van der Waals surface area (Å²) in [5.41, 5.74) is 2.76. The van der Waals surface area contributed by atoms with Crippen LogP contribution in [0.25, 0.3) is 10.6 Å². The fourth-order valence-corrected chi connectivity index (χ4v) is 4.39. The summed E-state index contributed by atoms with van der Waals surface area (Å²) in [4.78, 5) is 24.6. The van der Waals surface area contributed by atoms with Crippen molar-refractivity contribution in [3.63, 3.8) is 0 Å². The number of rotatable bonds is 4. The Morgan fingerprint density at radius 3 is 2.54 bits per heavy atom. The monoisotopic (exact) mass is 412 g/mol. The molecule has 144 valence electrons. The average Bonchev–Trinajstić information content (AvgIpc) is 3.11. The van der Waals surface area contributed by atoms with E-state index < -0.39 is 0 Å². The molecular weight excluding hydrogens is 392 g/mol. The number of anilines is 2. The van der Waals surface area contributed by atoms with E-state index in [2.05, 4.69) is 20.2 Å². The fraction of sp³-hybridized carbons (Fsp3) is 0.286. The predicted octanol–water partition coefficient (Wildman–Crippen LogP) is 5.41. The maximum Gasteiger partial charge on any atom is 0.268 e. The van der Waals surface area contributed by atoms with E-state index in [9.17, 15) is 4.79 Å².